The highest BCUT2D eigenvalue weighted by molar-refractivity contribution is 6.18. The maximum atomic E-state index is 5.78. The van der Waals surface area contributed by atoms with Gasteiger partial charge in [0.2, 0.25) is 0 Å². The number of hydrogen-bond acceptors (Lipinski definition) is 3. The van der Waals surface area contributed by atoms with E-state index in [4.69, 9.17) is 32.7 Å². The molecule has 0 unspecified atom stereocenters. The van der Waals surface area contributed by atoms with E-state index in [1.807, 2.05) is 18.2 Å². The molecular formula is C13H19Cl2NO2. The van der Waals surface area contributed by atoms with Gasteiger partial charge in [-0.1, -0.05) is 0 Å². The van der Waals surface area contributed by atoms with Gasteiger partial charge in [0.05, 0.1) is 14.2 Å². The van der Waals surface area contributed by atoms with Crippen LogP contribution in [0, 0.1) is 0 Å². The van der Waals surface area contributed by atoms with Gasteiger partial charge >= 0.3 is 0 Å². The summed E-state index contributed by atoms with van der Waals surface area (Å²) in [7, 11) is 3.29. The Bertz CT molecular complexity index is 333. The highest BCUT2D eigenvalue weighted by Gasteiger charge is 2.07. The minimum absolute atomic E-state index is 0.595. The molecule has 0 fully saturated rings. The minimum Gasteiger partial charge on any atom is -0.497 e. The number of hydrogen-bond donors (Lipinski definition) is 0. The number of halogens is 2. The summed E-state index contributed by atoms with van der Waals surface area (Å²) in [6, 6.07) is 5.85. The summed E-state index contributed by atoms with van der Waals surface area (Å²) in [4.78, 5) is 2.20. The van der Waals surface area contributed by atoms with Crippen molar-refractivity contribution in [3.63, 3.8) is 0 Å². The van der Waals surface area contributed by atoms with Crippen LogP contribution in [-0.2, 0) is 6.54 Å². The molecule has 102 valence electrons. The zero-order valence-electron chi connectivity index (χ0n) is 10.8. The van der Waals surface area contributed by atoms with E-state index in [2.05, 4.69) is 4.90 Å². The van der Waals surface area contributed by atoms with Gasteiger partial charge < -0.3 is 9.47 Å². The van der Waals surface area contributed by atoms with Crippen LogP contribution < -0.4 is 9.47 Å². The summed E-state index contributed by atoms with van der Waals surface area (Å²) in [6.45, 7) is 2.41. The molecule has 0 atom stereocenters. The molecule has 0 saturated carbocycles. The Morgan fingerprint density at radius 2 is 1.44 bits per heavy atom. The molecule has 0 saturated heterocycles. The molecule has 18 heavy (non-hydrogen) atoms. The fourth-order valence-corrected chi connectivity index (χ4v) is 2.20. The second-order valence-corrected chi connectivity index (χ2v) is 4.63. The molecule has 5 heteroatoms. The van der Waals surface area contributed by atoms with Gasteiger partial charge in [-0.25, -0.2) is 0 Å². The molecule has 1 aromatic rings. The number of benzene rings is 1. The van der Waals surface area contributed by atoms with Crippen molar-refractivity contribution < 1.29 is 9.47 Å². The summed E-state index contributed by atoms with van der Waals surface area (Å²) in [6.07, 6.45) is 0. The molecular weight excluding hydrogens is 273 g/mol. The van der Waals surface area contributed by atoms with Crippen LogP contribution in [0.2, 0.25) is 0 Å². The smallest absolute Gasteiger partial charge is 0.122 e. The lowest BCUT2D eigenvalue weighted by Crippen LogP contribution is -2.27. The van der Waals surface area contributed by atoms with Crippen molar-refractivity contribution in [1.82, 2.24) is 4.90 Å². The Labute approximate surface area is 119 Å². The first-order chi connectivity index (χ1) is 8.73. The van der Waals surface area contributed by atoms with Gasteiger partial charge in [0.15, 0.2) is 0 Å². The van der Waals surface area contributed by atoms with Crippen LogP contribution in [0.25, 0.3) is 0 Å². The van der Waals surface area contributed by atoms with Gasteiger partial charge in [0.25, 0.3) is 0 Å². The average Bonchev–Trinajstić information content (AvgIpc) is 2.38. The first-order valence-electron chi connectivity index (χ1n) is 5.79. The van der Waals surface area contributed by atoms with E-state index in [1.165, 1.54) is 0 Å². The summed E-state index contributed by atoms with van der Waals surface area (Å²) in [5.41, 5.74) is 1.13. The van der Waals surface area contributed by atoms with Gasteiger partial charge in [0, 0.05) is 37.5 Å². The van der Waals surface area contributed by atoms with E-state index in [-0.39, 0.29) is 0 Å². The largest absolute Gasteiger partial charge is 0.497 e. The van der Waals surface area contributed by atoms with E-state index in [1.54, 1.807) is 14.2 Å². The van der Waals surface area contributed by atoms with Crippen molar-refractivity contribution in [3.8, 4) is 11.5 Å². The zero-order chi connectivity index (χ0) is 13.4. The minimum atomic E-state index is 0.595. The van der Waals surface area contributed by atoms with Gasteiger partial charge in [-0.2, -0.15) is 0 Å². The molecule has 0 spiro atoms. The molecule has 0 aliphatic carbocycles. The summed E-state index contributed by atoms with van der Waals surface area (Å²) in [5.74, 6) is 2.78. The van der Waals surface area contributed by atoms with E-state index < -0.39 is 0 Å². The second-order valence-electron chi connectivity index (χ2n) is 3.88. The Hall–Kier alpha value is -0.640. The van der Waals surface area contributed by atoms with E-state index >= 15 is 0 Å². The Kier molecular flexibility index (Phi) is 7.25. The van der Waals surface area contributed by atoms with Crippen LogP contribution >= 0.6 is 23.2 Å². The summed E-state index contributed by atoms with van der Waals surface area (Å²) in [5, 5.41) is 0. The molecule has 0 heterocycles. The fourth-order valence-electron chi connectivity index (χ4n) is 1.72. The maximum absolute atomic E-state index is 5.78. The van der Waals surface area contributed by atoms with Gasteiger partial charge in [-0.05, 0) is 17.7 Å². The van der Waals surface area contributed by atoms with Crippen molar-refractivity contribution >= 4 is 23.2 Å². The zero-order valence-corrected chi connectivity index (χ0v) is 12.3. The topological polar surface area (TPSA) is 21.7 Å². The molecule has 0 N–H and O–H groups in total. The van der Waals surface area contributed by atoms with Crippen LogP contribution in [0.4, 0.5) is 0 Å². The van der Waals surface area contributed by atoms with Gasteiger partial charge in [0.1, 0.15) is 11.5 Å². The highest BCUT2D eigenvalue weighted by Crippen LogP contribution is 2.23. The third-order valence-corrected chi connectivity index (χ3v) is 2.96. The third kappa shape index (κ3) is 4.92. The SMILES string of the molecule is COc1cc(CN(CCCl)CCCl)cc(OC)c1. The predicted octanol–water partition coefficient (Wildman–Crippen LogP) is 2.98. The van der Waals surface area contributed by atoms with Crippen LogP contribution in [0.1, 0.15) is 5.56 Å². The number of ether oxygens (including phenoxy) is 2. The first-order valence-corrected chi connectivity index (χ1v) is 6.86. The monoisotopic (exact) mass is 291 g/mol. The van der Waals surface area contributed by atoms with E-state index in [9.17, 15) is 0 Å². The lowest BCUT2D eigenvalue weighted by atomic mass is 10.2. The van der Waals surface area contributed by atoms with Crippen LogP contribution in [-0.4, -0.2) is 44.0 Å². The maximum Gasteiger partial charge on any atom is 0.122 e. The summed E-state index contributed by atoms with van der Waals surface area (Å²) >= 11 is 11.6. The standard InChI is InChI=1S/C13H19Cl2NO2/c1-17-12-7-11(8-13(9-12)18-2)10-16(5-3-14)6-4-15/h7-9H,3-6,10H2,1-2H3. The molecule has 0 radical (unpaired) electrons. The molecule has 1 rings (SSSR count). The molecule has 0 aliphatic heterocycles. The lowest BCUT2D eigenvalue weighted by molar-refractivity contribution is 0.298. The number of methoxy groups -OCH3 is 2. The highest BCUT2D eigenvalue weighted by atomic mass is 35.5. The van der Waals surface area contributed by atoms with Crippen LogP contribution in [0.3, 0.4) is 0 Å². The number of alkyl halides is 2. The quantitative estimate of drug-likeness (QED) is 0.688. The van der Waals surface area contributed by atoms with Gasteiger partial charge in [-0.15, -0.1) is 23.2 Å². The molecule has 1 aromatic carbocycles. The van der Waals surface area contributed by atoms with Crippen molar-refractivity contribution in [2.24, 2.45) is 0 Å². The molecule has 0 aromatic heterocycles. The second kappa shape index (κ2) is 8.46. The Balaban J connectivity index is 2.80. The fraction of sp³-hybridized carbons (Fsp3) is 0.538. The van der Waals surface area contributed by atoms with Crippen molar-refractivity contribution in [1.29, 1.82) is 0 Å². The first kappa shape index (κ1) is 15.4. The Morgan fingerprint density at radius 1 is 0.944 bits per heavy atom. The van der Waals surface area contributed by atoms with Crippen molar-refractivity contribution in [2.45, 2.75) is 6.54 Å². The molecule has 3 nitrogen and oxygen atoms in total. The lowest BCUT2D eigenvalue weighted by Gasteiger charge is -2.20. The molecule has 0 aliphatic rings. The average molecular weight is 292 g/mol. The number of rotatable bonds is 8. The predicted molar refractivity (Wildman–Crippen MR) is 76.3 cm³/mol. The van der Waals surface area contributed by atoms with E-state index in [0.717, 1.165) is 36.7 Å². The van der Waals surface area contributed by atoms with Crippen molar-refractivity contribution in [3.05, 3.63) is 23.8 Å². The van der Waals surface area contributed by atoms with Crippen molar-refractivity contribution in [2.75, 3.05) is 39.1 Å². The molecule has 0 amide bonds. The van der Waals surface area contributed by atoms with Crippen LogP contribution in [0.15, 0.2) is 18.2 Å². The third-order valence-electron chi connectivity index (χ3n) is 2.62. The normalized spacial score (nSPS) is 10.7. The van der Waals surface area contributed by atoms with Crippen LogP contribution in [0.5, 0.6) is 11.5 Å². The van der Waals surface area contributed by atoms with E-state index in [0.29, 0.717) is 11.8 Å². The molecule has 0 bridgehead atoms. The number of nitrogens with zero attached hydrogens (tertiary/aromatic N) is 1. The Morgan fingerprint density at radius 3 is 1.83 bits per heavy atom. The summed E-state index contributed by atoms with van der Waals surface area (Å²) < 4.78 is 10.5. The van der Waals surface area contributed by atoms with Gasteiger partial charge in [-0.3, -0.25) is 4.90 Å².